The monoisotopic (exact) mass is 241 g/mol. The molecule has 0 aliphatic carbocycles. The summed E-state index contributed by atoms with van der Waals surface area (Å²) in [6.45, 7) is 1.16. The molecular formula is C13H17F2NO. The van der Waals surface area contributed by atoms with E-state index in [-0.39, 0.29) is 5.92 Å². The standard InChI is InChI=1S/C13H17F2NO/c14-13(15)12(9-4-6-17-7-5-9)10-2-1-3-11(16)8-10/h1-3,8-9,12-13H,4-7,16H2. The second-order valence-corrected chi connectivity index (χ2v) is 4.48. The second-order valence-electron chi connectivity index (χ2n) is 4.48. The number of halogens is 2. The zero-order chi connectivity index (χ0) is 12.3. The molecule has 2 rings (SSSR count). The van der Waals surface area contributed by atoms with E-state index in [1.165, 1.54) is 0 Å². The molecule has 0 radical (unpaired) electrons. The van der Waals surface area contributed by atoms with E-state index in [9.17, 15) is 8.78 Å². The van der Waals surface area contributed by atoms with Crippen LogP contribution in [0.15, 0.2) is 24.3 Å². The molecule has 1 aliphatic rings. The van der Waals surface area contributed by atoms with Crippen molar-refractivity contribution in [2.24, 2.45) is 5.92 Å². The van der Waals surface area contributed by atoms with E-state index in [0.29, 0.717) is 37.3 Å². The first-order valence-electron chi connectivity index (χ1n) is 5.90. The van der Waals surface area contributed by atoms with Crippen LogP contribution in [0.4, 0.5) is 14.5 Å². The summed E-state index contributed by atoms with van der Waals surface area (Å²) in [7, 11) is 0. The van der Waals surface area contributed by atoms with Crippen molar-refractivity contribution in [2.75, 3.05) is 18.9 Å². The van der Waals surface area contributed by atoms with Crippen molar-refractivity contribution in [3.63, 3.8) is 0 Å². The Labute approximate surface area is 99.8 Å². The first kappa shape index (κ1) is 12.3. The van der Waals surface area contributed by atoms with E-state index in [1.54, 1.807) is 24.3 Å². The van der Waals surface area contributed by atoms with E-state index < -0.39 is 12.3 Å². The van der Waals surface area contributed by atoms with Crippen molar-refractivity contribution in [2.45, 2.75) is 25.2 Å². The summed E-state index contributed by atoms with van der Waals surface area (Å²) in [5, 5.41) is 0. The Morgan fingerprint density at radius 1 is 1.24 bits per heavy atom. The molecule has 0 saturated carbocycles. The highest BCUT2D eigenvalue weighted by Gasteiger charge is 2.32. The third-order valence-electron chi connectivity index (χ3n) is 3.34. The van der Waals surface area contributed by atoms with Gasteiger partial charge in [-0.15, -0.1) is 0 Å². The number of hydrogen-bond acceptors (Lipinski definition) is 2. The van der Waals surface area contributed by atoms with Gasteiger partial charge in [0.15, 0.2) is 0 Å². The molecule has 1 aromatic rings. The minimum absolute atomic E-state index is 0.00875. The summed E-state index contributed by atoms with van der Waals surface area (Å²) in [6, 6.07) is 6.85. The molecule has 1 aliphatic heterocycles. The third-order valence-corrected chi connectivity index (χ3v) is 3.34. The maximum absolute atomic E-state index is 13.2. The molecule has 1 fully saturated rings. The summed E-state index contributed by atoms with van der Waals surface area (Å²) >= 11 is 0. The van der Waals surface area contributed by atoms with Crippen molar-refractivity contribution < 1.29 is 13.5 Å². The van der Waals surface area contributed by atoms with Crippen LogP contribution in [0.1, 0.15) is 24.3 Å². The van der Waals surface area contributed by atoms with Crippen molar-refractivity contribution in [1.82, 2.24) is 0 Å². The number of benzene rings is 1. The summed E-state index contributed by atoms with van der Waals surface area (Å²) in [4.78, 5) is 0. The molecule has 1 heterocycles. The van der Waals surface area contributed by atoms with E-state index in [1.807, 2.05) is 0 Å². The smallest absolute Gasteiger partial charge is 0.245 e. The van der Waals surface area contributed by atoms with Gasteiger partial charge in [-0.25, -0.2) is 8.78 Å². The first-order valence-corrected chi connectivity index (χ1v) is 5.90. The Balaban J connectivity index is 2.21. The summed E-state index contributed by atoms with van der Waals surface area (Å²) in [5.74, 6) is -0.729. The maximum atomic E-state index is 13.2. The van der Waals surface area contributed by atoms with Gasteiger partial charge in [-0.3, -0.25) is 0 Å². The summed E-state index contributed by atoms with van der Waals surface area (Å²) < 4.78 is 31.7. The predicted molar refractivity (Wildman–Crippen MR) is 63.1 cm³/mol. The highest BCUT2D eigenvalue weighted by molar-refractivity contribution is 5.42. The highest BCUT2D eigenvalue weighted by Crippen LogP contribution is 2.37. The molecule has 94 valence electrons. The van der Waals surface area contributed by atoms with Gasteiger partial charge in [0.25, 0.3) is 0 Å². The minimum atomic E-state index is -2.35. The van der Waals surface area contributed by atoms with Crippen LogP contribution in [0.3, 0.4) is 0 Å². The lowest BCUT2D eigenvalue weighted by atomic mass is 9.81. The van der Waals surface area contributed by atoms with Crippen molar-refractivity contribution in [1.29, 1.82) is 0 Å². The summed E-state index contributed by atoms with van der Waals surface area (Å²) in [5.41, 5.74) is 6.84. The molecule has 17 heavy (non-hydrogen) atoms. The average molecular weight is 241 g/mol. The lowest BCUT2D eigenvalue weighted by molar-refractivity contribution is 0.0187. The van der Waals surface area contributed by atoms with Crippen LogP contribution in [0.2, 0.25) is 0 Å². The fourth-order valence-electron chi connectivity index (χ4n) is 2.46. The van der Waals surface area contributed by atoms with Crippen LogP contribution in [-0.4, -0.2) is 19.6 Å². The molecule has 1 atom stereocenters. The van der Waals surface area contributed by atoms with Crippen LogP contribution >= 0.6 is 0 Å². The number of ether oxygens (including phenoxy) is 1. The normalized spacial score (nSPS) is 19.5. The zero-order valence-electron chi connectivity index (χ0n) is 9.61. The van der Waals surface area contributed by atoms with Gasteiger partial charge >= 0.3 is 0 Å². The molecule has 1 saturated heterocycles. The van der Waals surface area contributed by atoms with Crippen LogP contribution < -0.4 is 5.73 Å². The minimum Gasteiger partial charge on any atom is -0.399 e. The number of anilines is 1. The molecule has 1 aromatic carbocycles. The number of hydrogen-bond donors (Lipinski definition) is 1. The van der Waals surface area contributed by atoms with Crippen molar-refractivity contribution in [3.8, 4) is 0 Å². The molecule has 0 aromatic heterocycles. The number of rotatable bonds is 3. The van der Waals surface area contributed by atoms with Crippen LogP contribution in [0.5, 0.6) is 0 Å². The molecule has 2 nitrogen and oxygen atoms in total. The molecule has 0 amide bonds. The Bertz CT molecular complexity index is 364. The Morgan fingerprint density at radius 3 is 2.53 bits per heavy atom. The molecular weight excluding hydrogens is 224 g/mol. The molecule has 0 bridgehead atoms. The lowest BCUT2D eigenvalue weighted by Gasteiger charge is -2.30. The Hall–Kier alpha value is -1.16. The van der Waals surface area contributed by atoms with Crippen LogP contribution in [-0.2, 0) is 4.74 Å². The van der Waals surface area contributed by atoms with E-state index in [0.717, 1.165) is 0 Å². The third kappa shape index (κ3) is 2.94. The van der Waals surface area contributed by atoms with E-state index in [2.05, 4.69) is 0 Å². The van der Waals surface area contributed by atoms with E-state index >= 15 is 0 Å². The largest absolute Gasteiger partial charge is 0.399 e. The van der Waals surface area contributed by atoms with Gasteiger partial charge in [0.2, 0.25) is 6.43 Å². The second kappa shape index (κ2) is 5.45. The molecule has 1 unspecified atom stereocenters. The van der Waals surface area contributed by atoms with Gasteiger partial charge in [0, 0.05) is 24.8 Å². The fourth-order valence-corrected chi connectivity index (χ4v) is 2.46. The van der Waals surface area contributed by atoms with Crippen molar-refractivity contribution >= 4 is 5.69 Å². The quantitative estimate of drug-likeness (QED) is 0.825. The highest BCUT2D eigenvalue weighted by atomic mass is 19.3. The van der Waals surface area contributed by atoms with Gasteiger partial charge in [-0.1, -0.05) is 12.1 Å². The predicted octanol–water partition coefficient (Wildman–Crippen LogP) is 3.04. The van der Waals surface area contributed by atoms with Crippen LogP contribution in [0.25, 0.3) is 0 Å². The molecule has 2 N–H and O–H groups in total. The first-order chi connectivity index (χ1) is 8.18. The Morgan fingerprint density at radius 2 is 1.94 bits per heavy atom. The maximum Gasteiger partial charge on any atom is 0.245 e. The van der Waals surface area contributed by atoms with Gasteiger partial charge in [0.05, 0.1) is 0 Å². The SMILES string of the molecule is Nc1cccc(C(C(F)F)C2CCOCC2)c1. The number of nitrogens with two attached hydrogens (primary N) is 1. The van der Waals surface area contributed by atoms with Gasteiger partial charge in [0.1, 0.15) is 0 Å². The molecule has 4 heteroatoms. The zero-order valence-corrected chi connectivity index (χ0v) is 9.61. The topological polar surface area (TPSA) is 35.2 Å². The van der Waals surface area contributed by atoms with Crippen LogP contribution in [0, 0.1) is 5.92 Å². The lowest BCUT2D eigenvalue weighted by Crippen LogP contribution is -2.26. The van der Waals surface area contributed by atoms with E-state index in [4.69, 9.17) is 10.5 Å². The Kier molecular flexibility index (Phi) is 3.94. The average Bonchev–Trinajstić information content (AvgIpc) is 2.30. The number of alkyl halides is 2. The molecule has 0 spiro atoms. The van der Waals surface area contributed by atoms with Gasteiger partial charge < -0.3 is 10.5 Å². The van der Waals surface area contributed by atoms with Crippen molar-refractivity contribution in [3.05, 3.63) is 29.8 Å². The number of nitrogen functional groups attached to an aromatic ring is 1. The van der Waals surface area contributed by atoms with Gasteiger partial charge in [-0.05, 0) is 36.5 Å². The van der Waals surface area contributed by atoms with Gasteiger partial charge in [-0.2, -0.15) is 0 Å². The fraction of sp³-hybridized carbons (Fsp3) is 0.538. The summed E-state index contributed by atoms with van der Waals surface area (Å²) in [6.07, 6.45) is -0.951.